The lowest BCUT2D eigenvalue weighted by molar-refractivity contribution is -0.117. The van der Waals surface area contributed by atoms with Crippen molar-refractivity contribution in [2.75, 3.05) is 0 Å². The first kappa shape index (κ1) is 21.9. The second-order valence-corrected chi connectivity index (χ2v) is 10.1. The molecule has 34 heavy (non-hydrogen) atoms. The Labute approximate surface area is 199 Å². The fourth-order valence-electron chi connectivity index (χ4n) is 5.04. The summed E-state index contributed by atoms with van der Waals surface area (Å²) in [5.41, 5.74) is 4.07. The first-order valence-electron chi connectivity index (χ1n) is 11.5. The fourth-order valence-corrected chi connectivity index (χ4v) is 5.04. The van der Waals surface area contributed by atoms with Gasteiger partial charge < -0.3 is 4.74 Å². The Bertz CT molecular complexity index is 1400. The maximum absolute atomic E-state index is 13.4. The summed E-state index contributed by atoms with van der Waals surface area (Å²) in [5.74, 6) is -0.826. The average molecular weight is 448 g/mol. The standard InChI is InChI=1S/C29H25N3O2/c1-29(2,3)21-9-10-23-19(11-21)12-22-26(20(15-30)16-31)27-24(33)13-18(17-7-5-4-6-8-17)14-25(27)34-28(22)32-23/h4-12,18,20,26H,13-14H2,1-3H3. The average Bonchev–Trinajstić information content (AvgIpc) is 2.82. The van der Waals surface area contributed by atoms with Gasteiger partial charge in [-0.3, -0.25) is 4.79 Å². The highest BCUT2D eigenvalue weighted by Crippen LogP contribution is 2.49. The number of carbonyl (C=O) groups is 1. The van der Waals surface area contributed by atoms with E-state index in [4.69, 9.17) is 9.72 Å². The lowest BCUT2D eigenvalue weighted by atomic mass is 9.72. The SMILES string of the molecule is CC(C)(C)c1ccc2nc3c(cc2c1)C(C(C#N)C#N)C1=C(CC(c2ccccc2)CC1=O)O3. The van der Waals surface area contributed by atoms with Crippen molar-refractivity contribution >= 4 is 16.7 Å². The zero-order chi connectivity index (χ0) is 24.0. The van der Waals surface area contributed by atoms with Crippen LogP contribution in [0.2, 0.25) is 0 Å². The van der Waals surface area contributed by atoms with Crippen molar-refractivity contribution in [3.63, 3.8) is 0 Å². The van der Waals surface area contributed by atoms with Crippen molar-refractivity contribution in [2.45, 2.75) is 50.9 Å². The third-order valence-corrected chi connectivity index (χ3v) is 6.89. The normalized spacial score (nSPS) is 19.8. The lowest BCUT2D eigenvalue weighted by Crippen LogP contribution is -2.31. The molecule has 0 spiro atoms. The molecule has 0 fully saturated rings. The van der Waals surface area contributed by atoms with E-state index in [1.165, 1.54) is 0 Å². The van der Waals surface area contributed by atoms with Gasteiger partial charge in [-0.05, 0) is 40.7 Å². The number of aromatic nitrogens is 1. The summed E-state index contributed by atoms with van der Waals surface area (Å²) in [7, 11) is 0. The van der Waals surface area contributed by atoms with Gasteiger partial charge in [0.2, 0.25) is 5.88 Å². The van der Waals surface area contributed by atoms with Crippen LogP contribution in [0, 0.1) is 28.6 Å². The molecule has 0 saturated carbocycles. The lowest BCUT2D eigenvalue weighted by Gasteiger charge is -2.35. The Balaban J connectivity index is 1.66. The molecular formula is C29H25N3O2. The zero-order valence-electron chi connectivity index (χ0n) is 19.5. The summed E-state index contributed by atoms with van der Waals surface area (Å²) in [4.78, 5) is 18.2. The Morgan fingerprint density at radius 1 is 1.03 bits per heavy atom. The number of rotatable bonds is 2. The van der Waals surface area contributed by atoms with Crippen molar-refractivity contribution in [3.8, 4) is 18.0 Å². The predicted octanol–water partition coefficient (Wildman–Crippen LogP) is 6.07. The molecule has 2 unspecified atom stereocenters. The van der Waals surface area contributed by atoms with E-state index in [9.17, 15) is 15.3 Å². The molecule has 0 radical (unpaired) electrons. The van der Waals surface area contributed by atoms with Crippen LogP contribution in [-0.4, -0.2) is 10.8 Å². The molecule has 0 amide bonds. The van der Waals surface area contributed by atoms with Gasteiger partial charge in [0, 0.05) is 29.4 Å². The van der Waals surface area contributed by atoms with Gasteiger partial charge in [-0.1, -0.05) is 57.2 Å². The summed E-state index contributed by atoms with van der Waals surface area (Å²) >= 11 is 0. The molecule has 1 aliphatic carbocycles. The monoisotopic (exact) mass is 447 g/mol. The fraction of sp³-hybridized carbons (Fsp3) is 0.310. The van der Waals surface area contributed by atoms with E-state index >= 15 is 0 Å². The second-order valence-electron chi connectivity index (χ2n) is 10.1. The van der Waals surface area contributed by atoms with Crippen LogP contribution in [0.25, 0.3) is 10.9 Å². The van der Waals surface area contributed by atoms with Gasteiger partial charge in [-0.25, -0.2) is 4.98 Å². The summed E-state index contributed by atoms with van der Waals surface area (Å²) < 4.78 is 6.26. The summed E-state index contributed by atoms with van der Waals surface area (Å²) in [5, 5.41) is 20.5. The molecule has 1 aromatic heterocycles. The van der Waals surface area contributed by atoms with Crippen LogP contribution < -0.4 is 4.74 Å². The van der Waals surface area contributed by atoms with E-state index in [1.54, 1.807) is 0 Å². The van der Waals surface area contributed by atoms with Crippen LogP contribution in [0.1, 0.15) is 62.1 Å². The smallest absolute Gasteiger partial charge is 0.223 e. The van der Waals surface area contributed by atoms with Gasteiger partial charge in [0.25, 0.3) is 0 Å². The molecule has 5 heteroatoms. The minimum Gasteiger partial charge on any atom is -0.443 e. The molecule has 0 saturated heterocycles. The van der Waals surface area contributed by atoms with Gasteiger partial charge in [0.15, 0.2) is 5.78 Å². The molecule has 2 heterocycles. The molecule has 2 atom stereocenters. The van der Waals surface area contributed by atoms with Gasteiger partial charge >= 0.3 is 0 Å². The van der Waals surface area contributed by atoms with E-state index in [0.717, 1.165) is 22.0 Å². The molecule has 1 aliphatic heterocycles. The number of ether oxygens (including phenoxy) is 1. The number of carbonyl (C=O) groups excluding carboxylic acids is 1. The van der Waals surface area contributed by atoms with Crippen molar-refractivity contribution < 1.29 is 9.53 Å². The Kier molecular flexibility index (Phi) is 5.22. The van der Waals surface area contributed by atoms with Crippen molar-refractivity contribution in [1.82, 2.24) is 4.98 Å². The summed E-state index contributed by atoms with van der Waals surface area (Å²) in [6, 6.07) is 22.2. The molecule has 3 aromatic rings. The Hall–Kier alpha value is -3.96. The van der Waals surface area contributed by atoms with E-state index in [-0.39, 0.29) is 17.1 Å². The van der Waals surface area contributed by atoms with Crippen molar-refractivity contribution in [1.29, 1.82) is 10.5 Å². The number of allylic oxidation sites excluding steroid dienone is 2. The number of benzene rings is 2. The highest BCUT2D eigenvalue weighted by Gasteiger charge is 2.43. The van der Waals surface area contributed by atoms with Crippen LogP contribution in [0.3, 0.4) is 0 Å². The van der Waals surface area contributed by atoms with Gasteiger partial charge in [0.1, 0.15) is 11.7 Å². The van der Waals surface area contributed by atoms with E-state index in [0.29, 0.717) is 35.6 Å². The predicted molar refractivity (Wildman–Crippen MR) is 129 cm³/mol. The van der Waals surface area contributed by atoms with Crippen LogP contribution in [0.4, 0.5) is 0 Å². The van der Waals surface area contributed by atoms with Gasteiger partial charge in [-0.2, -0.15) is 10.5 Å². The minimum atomic E-state index is -1.00. The molecule has 0 bridgehead atoms. The maximum Gasteiger partial charge on any atom is 0.223 e. The van der Waals surface area contributed by atoms with Crippen LogP contribution >= 0.6 is 0 Å². The maximum atomic E-state index is 13.4. The van der Waals surface area contributed by atoms with Crippen LogP contribution in [0.5, 0.6) is 5.88 Å². The topological polar surface area (TPSA) is 86.8 Å². The first-order valence-corrected chi connectivity index (χ1v) is 11.5. The van der Waals surface area contributed by atoms with E-state index in [2.05, 4.69) is 45.0 Å². The van der Waals surface area contributed by atoms with E-state index in [1.807, 2.05) is 42.5 Å². The highest BCUT2D eigenvalue weighted by atomic mass is 16.5. The third-order valence-electron chi connectivity index (χ3n) is 6.89. The number of hydrogen-bond donors (Lipinski definition) is 0. The minimum absolute atomic E-state index is 0.00734. The molecular weight excluding hydrogens is 422 g/mol. The molecule has 0 N–H and O–H groups in total. The van der Waals surface area contributed by atoms with E-state index < -0.39 is 11.8 Å². The van der Waals surface area contributed by atoms with Crippen LogP contribution in [0.15, 0.2) is 65.9 Å². The quantitative estimate of drug-likeness (QED) is 0.476. The molecule has 2 aliphatic rings. The third kappa shape index (κ3) is 3.64. The number of fused-ring (bicyclic) bond motifs is 2. The number of hydrogen-bond acceptors (Lipinski definition) is 5. The number of ketones is 1. The molecule has 5 nitrogen and oxygen atoms in total. The molecule has 5 rings (SSSR count). The molecule has 168 valence electrons. The largest absolute Gasteiger partial charge is 0.443 e. The zero-order valence-corrected chi connectivity index (χ0v) is 19.5. The van der Waals surface area contributed by atoms with Crippen molar-refractivity contribution in [2.24, 2.45) is 5.92 Å². The van der Waals surface area contributed by atoms with Crippen molar-refractivity contribution in [3.05, 3.63) is 82.6 Å². The Morgan fingerprint density at radius 2 is 1.76 bits per heavy atom. The number of nitrogens with zero attached hydrogens (tertiary/aromatic N) is 3. The highest BCUT2D eigenvalue weighted by molar-refractivity contribution is 6.00. The summed E-state index contributed by atoms with van der Waals surface area (Å²) in [6.45, 7) is 6.44. The molecule has 2 aromatic carbocycles. The van der Waals surface area contributed by atoms with Gasteiger partial charge in [0.05, 0.1) is 23.6 Å². The van der Waals surface area contributed by atoms with Crippen LogP contribution in [-0.2, 0) is 10.2 Å². The number of nitriles is 2. The van der Waals surface area contributed by atoms with Gasteiger partial charge in [-0.15, -0.1) is 0 Å². The summed E-state index contributed by atoms with van der Waals surface area (Å²) in [6.07, 6.45) is 0.865. The number of Topliss-reactive ketones (excluding diaryl/α,β-unsaturated/α-hetero) is 1. The Morgan fingerprint density at radius 3 is 2.44 bits per heavy atom. The second kappa shape index (κ2) is 8.12. The first-order chi connectivity index (χ1) is 16.3. The number of pyridine rings is 1.